The van der Waals surface area contributed by atoms with E-state index in [9.17, 15) is 4.79 Å². The van der Waals surface area contributed by atoms with Crippen molar-refractivity contribution in [3.63, 3.8) is 0 Å². The molecule has 2 amide bonds. The van der Waals surface area contributed by atoms with Gasteiger partial charge in [0.15, 0.2) is 0 Å². The molecule has 4 heteroatoms. The number of hydrogen-bond acceptors (Lipinski definition) is 1. The number of hydrogen-bond donors (Lipinski definition) is 2. The number of nitrogens with zero attached hydrogens (tertiary/aromatic N) is 1. The van der Waals surface area contributed by atoms with Gasteiger partial charge in [-0.1, -0.05) is 36.4 Å². The van der Waals surface area contributed by atoms with Crippen molar-refractivity contribution in [1.82, 2.24) is 9.88 Å². The van der Waals surface area contributed by atoms with Crippen molar-refractivity contribution < 1.29 is 4.79 Å². The van der Waals surface area contributed by atoms with E-state index < -0.39 is 0 Å². The highest BCUT2D eigenvalue weighted by Crippen LogP contribution is 2.50. The summed E-state index contributed by atoms with van der Waals surface area (Å²) in [6.45, 7) is 0.730. The van der Waals surface area contributed by atoms with Crippen LogP contribution in [-0.4, -0.2) is 29.5 Å². The molecule has 1 aliphatic rings. The van der Waals surface area contributed by atoms with Gasteiger partial charge in [0, 0.05) is 41.8 Å². The molecule has 0 unspecified atom stereocenters. The minimum atomic E-state index is -0.0627. The van der Waals surface area contributed by atoms with Gasteiger partial charge in [-0.25, -0.2) is 4.79 Å². The number of carbonyl (C=O) groups is 1. The monoisotopic (exact) mass is 319 g/mol. The lowest BCUT2D eigenvalue weighted by Crippen LogP contribution is -2.37. The molecule has 122 valence electrons. The van der Waals surface area contributed by atoms with Crippen LogP contribution in [0.3, 0.4) is 0 Å². The van der Waals surface area contributed by atoms with Crippen molar-refractivity contribution in [2.75, 3.05) is 18.9 Å². The molecule has 0 spiro atoms. The van der Waals surface area contributed by atoms with Crippen molar-refractivity contribution in [2.45, 2.75) is 18.3 Å². The lowest BCUT2D eigenvalue weighted by Gasteiger charge is -2.24. The van der Waals surface area contributed by atoms with E-state index in [4.69, 9.17) is 0 Å². The maximum atomic E-state index is 12.5. The van der Waals surface area contributed by atoms with E-state index in [1.165, 1.54) is 10.9 Å². The zero-order chi connectivity index (χ0) is 16.6. The Hall–Kier alpha value is -2.75. The summed E-state index contributed by atoms with van der Waals surface area (Å²) in [4.78, 5) is 17.6. The number of benzene rings is 2. The number of aromatic amines is 1. The van der Waals surface area contributed by atoms with Gasteiger partial charge >= 0.3 is 6.03 Å². The molecule has 0 radical (unpaired) electrons. The van der Waals surface area contributed by atoms with Crippen molar-refractivity contribution in [3.05, 3.63) is 66.4 Å². The molecule has 24 heavy (non-hydrogen) atoms. The SMILES string of the molecule is CN(CC1(c2c[nH]c3ccccc23)CC1)C(=O)Nc1ccccc1. The number of rotatable bonds is 4. The van der Waals surface area contributed by atoms with Crippen LogP contribution in [0.25, 0.3) is 10.9 Å². The summed E-state index contributed by atoms with van der Waals surface area (Å²) in [7, 11) is 1.87. The van der Waals surface area contributed by atoms with E-state index in [-0.39, 0.29) is 11.4 Å². The Balaban J connectivity index is 1.51. The molecule has 4 rings (SSSR count). The third kappa shape index (κ3) is 2.64. The highest BCUT2D eigenvalue weighted by Gasteiger charge is 2.47. The van der Waals surface area contributed by atoms with Gasteiger partial charge in [0.2, 0.25) is 0 Å². The van der Waals surface area contributed by atoms with E-state index in [2.05, 4.69) is 34.7 Å². The lowest BCUT2D eigenvalue weighted by atomic mass is 9.95. The zero-order valence-electron chi connectivity index (χ0n) is 13.8. The van der Waals surface area contributed by atoms with Crippen LogP contribution < -0.4 is 5.32 Å². The maximum absolute atomic E-state index is 12.5. The molecular formula is C20H21N3O. The third-order valence-corrected chi connectivity index (χ3v) is 4.93. The molecule has 3 aromatic rings. The number of aromatic nitrogens is 1. The molecular weight excluding hydrogens is 298 g/mol. The third-order valence-electron chi connectivity index (χ3n) is 4.93. The second-order valence-electron chi connectivity index (χ2n) is 6.68. The van der Waals surface area contributed by atoms with Crippen LogP contribution >= 0.6 is 0 Å². The van der Waals surface area contributed by atoms with Crippen LogP contribution in [-0.2, 0) is 5.41 Å². The summed E-state index contributed by atoms with van der Waals surface area (Å²) >= 11 is 0. The number of urea groups is 1. The first-order valence-corrected chi connectivity index (χ1v) is 8.32. The second-order valence-corrected chi connectivity index (χ2v) is 6.68. The largest absolute Gasteiger partial charge is 0.361 e. The van der Waals surface area contributed by atoms with Gasteiger partial charge in [0.05, 0.1) is 0 Å². The first-order valence-electron chi connectivity index (χ1n) is 8.32. The average Bonchev–Trinajstić information content (AvgIpc) is 3.24. The van der Waals surface area contributed by atoms with Crippen molar-refractivity contribution in [1.29, 1.82) is 0 Å². The van der Waals surface area contributed by atoms with Crippen molar-refractivity contribution in [2.24, 2.45) is 0 Å². The van der Waals surface area contributed by atoms with E-state index in [1.54, 1.807) is 4.90 Å². The molecule has 4 nitrogen and oxygen atoms in total. The summed E-state index contributed by atoms with van der Waals surface area (Å²) in [5, 5.41) is 4.22. The summed E-state index contributed by atoms with van der Waals surface area (Å²) < 4.78 is 0. The fourth-order valence-corrected chi connectivity index (χ4v) is 3.44. The molecule has 2 aromatic carbocycles. The Morgan fingerprint density at radius 1 is 1.12 bits per heavy atom. The molecule has 0 saturated heterocycles. The summed E-state index contributed by atoms with van der Waals surface area (Å²) in [6.07, 6.45) is 4.36. The number of likely N-dealkylation sites (N-methyl/N-ethyl adjacent to an activating group) is 1. The molecule has 1 heterocycles. The van der Waals surface area contributed by atoms with Gasteiger partial charge in [0.25, 0.3) is 0 Å². The van der Waals surface area contributed by atoms with Gasteiger partial charge in [-0.15, -0.1) is 0 Å². The fraction of sp³-hybridized carbons (Fsp3) is 0.250. The molecule has 0 bridgehead atoms. The van der Waals surface area contributed by atoms with Crippen LogP contribution in [0.4, 0.5) is 10.5 Å². The predicted octanol–water partition coefficient (Wildman–Crippen LogP) is 4.36. The first kappa shape index (κ1) is 14.8. The number of anilines is 1. The number of nitrogens with one attached hydrogen (secondary N) is 2. The second kappa shape index (κ2) is 5.71. The normalized spacial score (nSPS) is 15.2. The Labute approximate surface area is 141 Å². The quantitative estimate of drug-likeness (QED) is 0.737. The van der Waals surface area contributed by atoms with Gasteiger partial charge in [-0.05, 0) is 36.6 Å². The van der Waals surface area contributed by atoms with Gasteiger partial charge in [0.1, 0.15) is 0 Å². The smallest absolute Gasteiger partial charge is 0.321 e. The molecule has 0 aliphatic heterocycles. The topological polar surface area (TPSA) is 48.1 Å². The molecule has 1 saturated carbocycles. The number of H-pyrrole nitrogens is 1. The van der Waals surface area contributed by atoms with Crippen molar-refractivity contribution >= 4 is 22.6 Å². The Bertz CT molecular complexity index is 865. The summed E-state index contributed by atoms with van der Waals surface area (Å²) in [6, 6.07) is 17.9. The average molecular weight is 319 g/mol. The molecule has 1 fully saturated rings. The fourth-order valence-electron chi connectivity index (χ4n) is 3.44. The summed E-state index contributed by atoms with van der Waals surface area (Å²) in [5.41, 5.74) is 3.40. The van der Waals surface area contributed by atoms with Gasteiger partial charge in [-0.2, -0.15) is 0 Å². The Morgan fingerprint density at radius 2 is 1.83 bits per heavy atom. The number of amides is 2. The zero-order valence-corrected chi connectivity index (χ0v) is 13.8. The Kier molecular flexibility index (Phi) is 3.53. The standard InChI is InChI=1S/C20H21N3O/c1-23(19(24)22-15-7-3-2-4-8-15)14-20(11-12-20)17-13-21-18-10-6-5-9-16(17)18/h2-10,13,21H,11-12,14H2,1H3,(H,22,24). The maximum Gasteiger partial charge on any atom is 0.321 e. The number of para-hydroxylation sites is 2. The minimum absolute atomic E-state index is 0.0627. The molecule has 1 aromatic heterocycles. The van der Waals surface area contributed by atoms with E-state index in [0.717, 1.165) is 30.6 Å². The van der Waals surface area contributed by atoms with Crippen LogP contribution in [0.15, 0.2) is 60.8 Å². The number of fused-ring (bicyclic) bond motifs is 1. The molecule has 2 N–H and O–H groups in total. The lowest BCUT2D eigenvalue weighted by molar-refractivity contribution is 0.218. The van der Waals surface area contributed by atoms with Crippen molar-refractivity contribution in [3.8, 4) is 0 Å². The highest BCUT2D eigenvalue weighted by atomic mass is 16.2. The molecule has 0 atom stereocenters. The number of carbonyl (C=O) groups excluding carboxylic acids is 1. The van der Waals surface area contributed by atoms with Crippen LogP contribution in [0.1, 0.15) is 18.4 Å². The van der Waals surface area contributed by atoms with Gasteiger partial charge in [-0.3, -0.25) is 0 Å². The minimum Gasteiger partial charge on any atom is -0.361 e. The van der Waals surface area contributed by atoms with Crippen LogP contribution in [0.5, 0.6) is 0 Å². The van der Waals surface area contributed by atoms with E-state index in [1.807, 2.05) is 43.4 Å². The van der Waals surface area contributed by atoms with Crippen LogP contribution in [0.2, 0.25) is 0 Å². The van der Waals surface area contributed by atoms with E-state index >= 15 is 0 Å². The first-order chi connectivity index (χ1) is 11.7. The Morgan fingerprint density at radius 3 is 2.58 bits per heavy atom. The predicted molar refractivity (Wildman–Crippen MR) is 97.3 cm³/mol. The van der Waals surface area contributed by atoms with Gasteiger partial charge < -0.3 is 15.2 Å². The highest BCUT2D eigenvalue weighted by molar-refractivity contribution is 5.89. The van der Waals surface area contributed by atoms with E-state index in [0.29, 0.717) is 0 Å². The molecule has 1 aliphatic carbocycles. The summed E-state index contributed by atoms with van der Waals surface area (Å²) in [5.74, 6) is 0. The van der Waals surface area contributed by atoms with Crippen LogP contribution in [0, 0.1) is 0 Å².